The van der Waals surface area contributed by atoms with Gasteiger partial charge in [-0.1, -0.05) is 0 Å². The number of piperazine rings is 1. The van der Waals surface area contributed by atoms with Gasteiger partial charge in [-0.3, -0.25) is 4.79 Å². The summed E-state index contributed by atoms with van der Waals surface area (Å²) in [4.78, 5) is 13.6. The van der Waals surface area contributed by atoms with E-state index < -0.39 is 10.0 Å². The van der Waals surface area contributed by atoms with Gasteiger partial charge in [0.15, 0.2) is 0 Å². The summed E-state index contributed by atoms with van der Waals surface area (Å²) in [6.07, 6.45) is 2.46. The molecule has 0 N–H and O–H groups in total. The summed E-state index contributed by atoms with van der Waals surface area (Å²) >= 11 is 5.52. The van der Waals surface area contributed by atoms with Crippen molar-refractivity contribution in [2.24, 2.45) is 5.92 Å². The molecule has 5 nitrogen and oxygen atoms in total. The Labute approximate surface area is 113 Å². The lowest BCUT2D eigenvalue weighted by atomic mass is 10.3. The molecule has 1 aliphatic carbocycles. The monoisotopic (exact) mass is 294 g/mol. The van der Waals surface area contributed by atoms with Gasteiger partial charge in [0, 0.05) is 38.0 Å². The fourth-order valence-corrected chi connectivity index (χ4v) is 3.92. The van der Waals surface area contributed by atoms with Crippen LogP contribution in [-0.2, 0) is 14.8 Å². The summed E-state index contributed by atoms with van der Waals surface area (Å²) in [5, 5.41) is 0. The van der Waals surface area contributed by atoms with E-state index in [0.717, 1.165) is 12.8 Å². The molecule has 0 atom stereocenters. The van der Waals surface area contributed by atoms with Crippen molar-refractivity contribution in [3.8, 4) is 0 Å². The number of hydrogen-bond acceptors (Lipinski definition) is 3. The van der Waals surface area contributed by atoms with Crippen molar-refractivity contribution in [1.82, 2.24) is 9.21 Å². The summed E-state index contributed by atoms with van der Waals surface area (Å²) < 4.78 is 25.3. The van der Waals surface area contributed by atoms with Gasteiger partial charge in [-0.05, 0) is 19.3 Å². The standard InChI is InChI=1S/C11H19ClN2O3S/c12-4-1-9-18(16,17)14-7-5-13(6-8-14)11(15)10-2-3-10/h10H,1-9H2. The number of sulfonamides is 1. The predicted octanol–water partition coefficient (Wildman–Crippen LogP) is 0.499. The van der Waals surface area contributed by atoms with Crippen molar-refractivity contribution >= 4 is 27.5 Å². The molecule has 2 aliphatic rings. The quantitative estimate of drug-likeness (QED) is 0.694. The van der Waals surface area contributed by atoms with Gasteiger partial charge >= 0.3 is 0 Å². The molecule has 2 rings (SSSR count). The minimum absolute atomic E-state index is 0.104. The topological polar surface area (TPSA) is 57.7 Å². The Hall–Kier alpha value is -0.330. The second-order valence-electron chi connectivity index (χ2n) is 4.86. The predicted molar refractivity (Wildman–Crippen MR) is 70.0 cm³/mol. The molecular weight excluding hydrogens is 276 g/mol. The highest BCUT2D eigenvalue weighted by atomic mass is 35.5. The highest BCUT2D eigenvalue weighted by molar-refractivity contribution is 7.89. The third-order valence-electron chi connectivity index (χ3n) is 3.41. The van der Waals surface area contributed by atoms with Crippen LogP contribution in [0.15, 0.2) is 0 Å². The van der Waals surface area contributed by atoms with Crippen LogP contribution in [0.2, 0.25) is 0 Å². The molecule has 1 heterocycles. The van der Waals surface area contributed by atoms with Gasteiger partial charge in [-0.2, -0.15) is 4.31 Å². The maximum Gasteiger partial charge on any atom is 0.225 e. The van der Waals surface area contributed by atoms with E-state index in [4.69, 9.17) is 11.6 Å². The maximum atomic E-state index is 11.9. The molecule has 0 bridgehead atoms. The lowest BCUT2D eigenvalue weighted by Gasteiger charge is -2.34. The third-order valence-corrected chi connectivity index (χ3v) is 5.63. The first-order chi connectivity index (χ1) is 8.54. The van der Waals surface area contributed by atoms with E-state index in [2.05, 4.69) is 0 Å². The first kappa shape index (κ1) is 14.1. The highest BCUT2D eigenvalue weighted by Crippen LogP contribution is 2.31. The van der Waals surface area contributed by atoms with Crippen molar-refractivity contribution in [2.45, 2.75) is 19.3 Å². The van der Waals surface area contributed by atoms with E-state index in [1.165, 1.54) is 4.31 Å². The lowest BCUT2D eigenvalue weighted by molar-refractivity contribution is -0.133. The van der Waals surface area contributed by atoms with Gasteiger partial charge in [0.05, 0.1) is 5.75 Å². The zero-order chi connectivity index (χ0) is 13.2. The van der Waals surface area contributed by atoms with Gasteiger partial charge in [-0.25, -0.2) is 8.42 Å². The number of amides is 1. The van der Waals surface area contributed by atoms with Crippen molar-refractivity contribution < 1.29 is 13.2 Å². The Morgan fingerprint density at radius 2 is 1.78 bits per heavy atom. The molecule has 18 heavy (non-hydrogen) atoms. The molecule has 0 unspecified atom stereocenters. The van der Waals surface area contributed by atoms with Gasteiger partial charge in [-0.15, -0.1) is 11.6 Å². The average Bonchev–Trinajstić information content (AvgIpc) is 3.20. The Bertz CT molecular complexity index is 401. The number of alkyl halides is 1. The second kappa shape index (κ2) is 5.75. The smallest absolute Gasteiger partial charge is 0.225 e. The molecule has 1 amide bonds. The number of rotatable bonds is 5. The number of halogens is 1. The van der Waals surface area contributed by atoms with Crippen molar-refractivity contribution in [3.05, 3.63) is 0 Å². The normalized spacial score (nSPS) is 22.2. The molecule has 0 aromatic carbocycles. The fraction of sp³-hybridized carbons (Fsp3) is 0.909. The first-order valence-electron chi connectivity index (χ1n) is 6.37. The number of hydrogen-bond donors (Lipinski definition) is 0. The van der Waals surface area contributed by atoms with Crippen LogP contribution < -0.4 is 0 Å². The van der Waals surface area contributed by atoms with Crippen LogP contribution in [0.25, 0.3) is 0 Å². The Morgan fingerprint density at radius 3 is 2.28 bits per heavy atom. The molecule has 7 heteroatoms. The molecule has 1 saturated heterocycles. The number of carbonyl (C=O) groups is 1. The first-order valence-corrected chi connectivity index (χ1v) is 8.51. The lowest BCUT2D eigenvalue weighted by Crippen LogP contribution is -2.51. The third kappa shape index (κ3) is 3.36. The molecule has 0 radical (unpaired) electrons. The molecule has 0 spiro atoms. The minimum Gasteiger partial charge on any atom is -0.340 e. The molecular formula is C11H19ClN2O3S. The molecule has 1 saturated carbocycles. The second-order valence-corrected chi connectivity index (χ2v) is 7.32. The van der Waals surface area contributed by atoms with E-state index in [9.17, 15) is 13.2 Å². The van der Waals surface area contributed by atoms with E-state index in [-0.39, 0.29) is 17.6 Å². The van der Waals surface area contributed by atoms with Gasteiger partial charge in [0.1, 0.15) is 0 Å². The van der Waals surface area contributed by atoms with Crippen LogP contribution in [-0.4, -0.2) is 61.3 Å². The summed E-state index contributed by atoms with van der Waals surface area (Å²) in [5.41, 5.74) is 0. The average molecular weight is 295 g/mol. The van der Waals surface area contributed by atoms with Crippen molar-refractivity contribution in [2.75, 3.05) is 37.8 Å². The van der Waals surface area contributed by atoms with Crippen LogP contribution in [0.1, 0.15) is 19.3 Å². The molecule has 104 valence electrons. The van der Waals surface area contributed by atoms with Gasteiger partial charge in [0.25, 0.3) is 0 Å². The number of nitrogens with zero attached hydrogens (tertiary/aromatic N) is 2. The van der Waals surface area contributed by atoms with E-state index in [0.29, 0.717) is 38.5 Å². The van der Waals surface area contributed by atoms with E-state index in [1.807, 2.05) is 0 Å². The number of carbonyl (C=O) groups excluding carboxylic acids is 1. The van der Waals surface area contributed by atoms with Crippen LogP contribution in [0.4, 0.5) is 0 Å². The molecule has 0 aromatic rings. The van der Waals surface area contributed by atoms with Crippen LogP contribution in [0, 0.1) is 5.92 Å². The molecule has 1 aliphatic heterocycles. The van der Waals surface area contributed by atoms with Crippen molar-refractivity contribution in [3.63, 3.8) is 0 Å². The zero-order valence-corrected chi connectivity index (χ0v) is 11.9. The SMILES string of the molecule is O=C(C1CC1)N1CCN(S(=O)(=O)CCCCl)CC1. The van der Waals surface area contributed by atoms with Gasteiger partial charge < -0.3 is 4.90 Å². The van der Waals surface area contributed by atoms with Gasteiger partial charge in [0.2, 0.25) is 15.9 Å². The zero-order valence-electron chi connectivity index (χ0n) is 10.3. The van der Waals surface area contributed by atoms with Crippen molar-refractivity contribution in [1.29, 1.82) is 0 Å². The molecule has 2 fully saturated rings. The molecule has 0 aromatic heterocycles. The van der Waals surface area contributed by atoms with Crippen LogP contribution in [0.3, 0.4) is 0 Å². The minimum atomic E-state index is -3.19. The van der Waals surface area contributed by atoms with E-state index >= 15 is 0 Å². The Balaban J connectivity index is 1.83. The summed E-state index contributed by atoms with van der Waals surface area (Å²) in [6.45, 7) is 1.89. The van der Waals surface area contributed by atoms with Crippen LogP contribution >= 0.6 is 11.6 Å². The largest absolute Gasteiger partial charge is 0.340 e. The maximum absolute atomic E-state index is 11.9. The summed E-state index contributed by atoms with van der Waals surface area (Å²) in [5.74, 6) is 0.879. The summed E-state index contributed by atoms with van der Waals surface area (Å²) in [7, 11) is -3.19. The van der Waals surface area contributed by atoms with E-state index in [1.54, 1.807) is 4.90 Å². The Kier molecular flexibility index (Phi) is 4.50. The van der Waals surface area contributed by atoms with Crippen LogP contribution in [0.5, 0.6) is 0 Å². The summed E-state index contributed by atoms with van der Waals surface area (Å²) in [6, 6.07) is 0. The Morgan fingerprint density at radius 1 is 1.17 bits per heavy atom. The highest BCUT2D eigenvalue weighted by Gasteiger charge is 2.36. The fourth-order valence-electron chi connectivity index (χ4n) is 2.14.